The normalized spacial score (nSPS) is 44.2. The van der Waals surface area contributed by atoms with Gasteiger partial charge in [-0.1, -0.05) is 20.8 Å². The average Bonchev–Trinajstić information content (AvgIpc) is 2.49. The summed E-state index contributed by atoms with van der Waals surface area (Å²) < 4.78 is 11.3. The fourth-order valence-corrected chi connectivity index (χ4v) is 6.18. The van der Waals surface area contributed by atoms with Crippen LogP contribution < -0.4 is 0 Å². The maximum Gasteiger partial charge on any atom is 0.337 e. The van der Waals surface area contributed by atoms with Gasteiger partial charge in [0.15, 0.2) is 0 Å². The number of fused-ring (bicyclic) bond motifs is 3. The highest BCUT2D eigenvalue weighted by atomic mass is 16.5. The van der Waals surface area contributed by atoms with Gasteiger partial charge >= 0.3 is 5.97 Å². The van der Waals surface area contributed by atoms with Crippen LogP contribution in [0.5, 0.6) is 0 Å². The third kappa shape index (κ3) is 2.33. The van der Waals surface area contributed by atoms with E-state index in [1.54, 1.807) is 0 Å². The van der Waals surface area contributed by atoms with Crippen LogP contribution >= 0.6 is 0 Å². The van der Waals surface area contributed by atoms with Crippen molar-refractivity contribution in [3.63, 3.8) is 0 Å². The minimum atomic E-state index is -0.268. The summed E-state index contributed by atoms with van der Waals surface area (Å²) in [7, 11) is 1.43. The van der Waals surface area contributed by atoms with Crippen molar-refractivity contribution in [1.82, 2.24) is 0 Å². The van der Waals surface area contributed by atoms with Gasteiger partial charge in [0.25, 0.3) is 0 Å². The number of hydrogen-bond acceptors (Lipinski definition) is 4. The molecular formula is C20H32O4. The molecular weight excluding hydrogens is 304 g/mol. The quantitative estimate of drug-likeness (QED) is 0.740. The number of esters is 1. The van der Waals surface area contributed by atoms with Gasteiger partial charge in [0.2, 0.25) is 0 Å². The van der Waals surface area contributed by atoms with Crippen LogP contribution in [0.2, 0.25) is 0 Å². The van der Waals surface area contributed by atoms with Crippen molar-refractivity contribution in [2.75, 3.05) is 7.11 Å². The first kappa shape index (κ1) is 17.8. The number of methoxy groups -OCH3 is 1. The Labute approximate surface area is 145 Å². The van der Waals surface area contributed by atoms with E-state index >= 15 is 0 Å². The molecule has 0 aromatic heterocycles. The molecule has 0 unspecified atom stereocenters. The van der Waals surface area contributed by atoms with E-state index < -0.39 is 0 Å². The van der Waals surface area contributed by atoms with Gasteiger partial charge in [-0.15, -0.1) is 0 Å². The van der Waals surface area contributed by atoms with Gasteiger partial charge in [-0.25, -0.2) is 4.79 Å². The predicted octanol–water partition coefficient (Wildman–Crippen LogP) is 3.83. The van der Waals surface area contributed by atoms with E-state index in [2.05, 4.69) is 27.7 Å². The van der Waals surface area contributed by atoms with Crippen LogP contribution in [0.3, 0.4) is 0 Å². The van der Waals surface area contributed by atoms with E-state index in [-0.39, 0.29) is 34.4 Å². The molecule has 0 saturated heterocycles. The molecule has 0 aromatic carbocycles. The molecule has 0 aromatic rings. The topological polar surface area (TPSA) is 55.8 Å². The van der Waals surface area contributed by atoms with Gasteiger partial charge in [0, 0.05) is 5.92 Å². The van der Waals surface area contributed by atoms with Crippen LogP contribution in [-0.4, -0.2) is 29.9 Å². The van der Waals surface area contributed by atoms with Gasteiger partial charge in [0.05, 0.1) is 18.8 Å². The zero-order valence-electron chi connectivity index (χ0n) is 15.9. The lowest BCUT2D eigenvalue weighted by molar-refractivity contribution is -0.206. The van der Waals surface area contributed by atoms with E-state index in [0.29, 0.717) is 17.9 Å². The molecule has 3 aliphatic rings. The van der Waals surface area contributed by atoms with Gasteiger partial charge in [-0.2, -0.15) is 0 Å². The largest absolute Gasteiger partial charge is 0.491 e. The Morgan fingerprint density at radius 1 is 1.17 bits per heavy atom. The minimum absolute atomic E-state index is 0.0652. The summed E-state index contributed by atoms with van der Waals surface area (Å²) in [6, 6.07) is 0. The first-order chi connectivity index (χ1) is 11.1. The fourth-order valence-electron chi connectivity index (χ4n) is 6.18. The molecule has 0 radical (unpaired) electrons. The van der Waals surface area contributed by atoms with Crippen molar-refractivity contribution in [3.8, 4) is 0 Å². The molecule has 3 rings (SSSR count). The monoisotopic (exact) mass is 336 g/mol. The van der Waals surface area contributed by atoms with E-state index in [4.69, 9.17) is 9.47 Å². The number of carbonyl (C=O) groups excluding carboxylic acids is 1. The smallest absolute Gasteiger partial charge is 0.337 e. The first-order valence-corrected chi connectivity index (χ1v) is 9.21. The summed E-state index contributed by atoms with van der Waals surface area (Å²) in [6.07, 6.45) is 4.31. The molecule has 24 heavy (non-hydrogen) atoms. The summed E-state index contributed by atoms with van der Waals surface area (Å²) in [4.78, 5) is 12.2. The van der Waals surface area contributed by atoms with E-state index in [1.165, 1.54) is 7.11 Å². The van der Waals surface area contributed by atoms with Crippen molar-refractivity contribution in [1.29, 1.82) is 0 Å². The van der Waals surface area contributed by atoms with Gasteiger partial charge < -0.3 is 14.6 Å². The predicted molar refractivity (Wildman–Crippen MR) is 92.2 cm³/mol. The summed E-state index contributed by atoms with van der Waals surface area (Å²) in [5, 5.41) is 10.6. The molecule has 5 atom stereocenters. The molecule has 4 nitrogen and oxygen atoms in total. The zero-order chi connectivity index (χ0) is 17.9. The Morgan fingerprint density at radius 2 is 1.83 bits per heavy atom. The Kier molecular flexibility index (Phi) is 4.06. The van der Waals surface area contributed by atoms with Crippen LogP contribution in [0, 0.1) is 22.7 Å². The molecule has 136 valence electrons. The average molecular weight is 336 g/mol. The van der Waals surface area contributed by atoms with Crippen molar-refractivity contribution in [2.24, 2.45) is 22.7 Å². The Bertz CT molecular complexity index is 578. The Hall–Kier alpha value is -1.03. The molecule has 1 heterocycles. The lowest BCUT2D eigenvalue weighted by Crippen LogP contribution is -2.62. The number of carbonyl (C=O) groups is 1. The molecule has 4 heteroatoms. The van der Waals surface area contributed by atoms with Crippen LogP contribution in [-0.2, 0) is 14.3 Å². The summed E-state index contributed by atoms with van der Waals surface area (Å²) in [6.45, 7) is 10.8. The highest BCUT2D eigenvalue weighted by molar-refractivity contribution is 5.89. The van der Waals surface area contributed by atoms with Crippen LogP contribution in [0.15, 0.2) is 11.3 Å². The molecule has 0 spiro atoms. The molecule has 2 saturated carbocycles. The maximum absolute atomic E-state index is 12.2. The number of rotatable bonds is 1. The van der Waals surface area contributed by atoms with Crippen molar-refractivity contribution >= 4 is 5.97 Å². The van der Waals surface area contributed by atoms with Crippen molar-refractivity contribution in [2.45, 2.75) is 78.4 Å². The van der Waals surface area contributed by atoms with Crippen molar-refractivity contribution < 1.29 is 19.4 Å². The van der Waals surface area contributed by atoms with Gasteiger partial charge in [-0.3, -0.25) is 0 Å². The highest BCUT2D eigenvalue weighted by Crippen LogP contribution is 2.65. The minimum Gasteiger partial charge on any atom is -0.491 e. The number of aliphatic hydroxyl groups is 1. The Balaban J connectivity index is 2.02. The zero-order valence-corrected chi connectivity index (χ0v) is 15.9. The molecule has 0 amide bonds. The SMILES string of the molecule is COC(=O)C1=C(C)O[C@]2(C)CC[C@H]3C(C)(C)[C@H](O)CC[C@]3(C)[C@H]2C1. The van der Waals surface area contributed by atoms with Crippen LogP contribution in [0.25, 0.3) is 0 Å². The number of hydrogen-bond donors (Lipinski definition) is 1. The van der Waals surface area contributed by atoms with Crippen LogP contribution in [0.4, 0.5) is 0 Å². The second kappa shape index (κ2) is 5.48. The maximum atomic E-state index is 12.2. The fraction of sp³-hybridized carbons (Fsp3) is 0.850. The van der Waals surface area contributed by atoms with E-state index in [1.807, 2.05) is 6.92 Å². The molecule has 2 fully saturated rings. The number of ether oxygens (including phenoxy) is 2. The molecule has 1 N–H and O–H groups in total. The second-order valence-corrected chi connectivity index (χ2v) is 9.17. The third-order valence-corrected chi connectivity index (χ3v) is 7.62. The van der Waals surface area contributed by atoms with E-state index in [9.17, 15) is 9.90 Å². The van der Waals surface area contributed by atoms with Gasteiger partial charge in [0.1, 0.15) is 11.4 Å². The summed E-state index contributed by atoms with van der Waals surface area (Å²) in [5.74, 6) is 1.16. The number of allylic oxidation sites excluding steroid dienone is 1. The lowest BCUT2D eigenvalue weighted by atomic mass is 9.44. The highest BCUT2D eigenvalue weighted by Gasteiger charge is 2.62. The molecule has 1 aliphatic heterocycles. The standard InChI is InChI=1S/C20H32O4/c1-12-13(17(22)23-6)11-15-19(4)9-8-16(21)18(2,3)14(19)7-10-20(15,5)24-12/h14-16,21H,7-11H2,1-6H3/t14-,15+,16+,19-,20+/m0/s1. The van der Waals surface area contributed by atoms with Gasteiger partial charge in [-0.05, 0) is 62.7 Å². The third-order valence-electron chi connectivity index (χ3n) is 7.62. The second-order valence-electron chi connectivity index (χ2n) is 9.17. The van der Waals surface area contributed by atoms with E-state index in [0.717, 1.165) is 31.4 Å². The summed E-state index contributed by atoms with van der Waals surface area (Å²) >= 11 is 0. The first-order valence-electron chi connectivity index (χ1n) is 9.21. The molecule has 2 aliphatic carbocycles. The van der Waals surface area contributed by atoms with Crippen LogP contribution in [0.1, 0.15) is 66.7 Å². The Morgan fingerprint density at radius 3 is 2.46 bits per heavy atom. The lowest BCUT2D eigenvalue weighted by Gasteiger charge is -2.64. The summed E-state index contributed by atoms with van der Waals surface area (Å²) in [5.41, 5.74) is 0.419. The van der Waals surface area contributed by atoms with Crippen molar-refractivity contribution in [3.05, 3.63) is 11.3 Å². The molecule has 0 bridgehead atoms. The number of aliphatic hydroxyl groups excluding tert-OH is 1.